The van der Waals surface area contributed by atoms with Crippen molar-refractivity contribution in [3.05, 3.63) is 54.1 Å². The Morgan fingerprint density at radius 3 is 2.37 bits per heavy atom. The molecule has 156 valence electrons. The minimum atomic E-state index is -0.0363. The van der Waals surface area contributed by atoms with Crippen molar-refractivity contribution in [1.82, 2.24) is 15.0 Å². The summed E-state index contributed by atoms with van der Waals surface area (Å²) >= 11 is 0. The highest BCUT2D eigenvalue weighted by atomic mass is 16.2. The van der Waals surface area contributed by atoms with Gasteiger partial charge in [-0.1, -0.05) is 81.8 Å². The largest absolute Gasteiger partial charge is 0.304 e. The van der Waals surface area contributed by atoms with E-state index in [0.717, 1.165) is 53.2 Å². The number of aromatic nitrogens is 3. The first-order chi connectivity index (χ1) is 14.3. The molecule has 2 heterocycles. The number of carbonyl (C=O) groups excluding carboxylic acids is 1. The molecule has 1 unspecified atom stereocenters. The van der Waals surface area contributed by atoms with Crippen LogP contribution in [-0.2, 0) is 11.3 Å². The van der Waals surface area contributed by atoms with E-state index in [9.17, 15) is 4.79 Å². The first-order valence-corrected chi connectivity index (χ1v) is 10.7. The summed E-state index contributed by atoms with van der Waals surface area (Å²) < 4.78 is 2.00. The molecule has 0 saturated heterocycles. The monoisotopic (exact) mass is 402 g/mol. The summed E-state index contributed by atoms with van der Waals surface area (Å²) in [5.74, 6) is 0.0500. The standard InChI is InChI=1S/C25H30N4O/c1-6-11-21-18-12-7-8-13-19(18)23-24(28(27-26-23)16-25(3,4)5)20-14-9-10-15-22(20)29(21)17(2)30/h7-10,12-15,21H,6,11,16H2,1-5H3. The molecule has 2 aromatic carbocycles. The SMILES string of the molecule is CCCC1c2ccccc2-c2nnn(CC(C)(C)C)c2-c2ccccc2N1C(C)=O. The predicted octanol–water partition coefficient (Wildman–Crippen LogP) is 5.87. The Labute approximate surface area is 178 Å². The molecule has 5 heteroatoms. The van der Waals surface area contributed by atoms with E-state index in [1.807, 2.05) is 39.9 Å². The average Bonchev–Trinajstić information content (AvgIpc) is 3.08. The molecule has 0 N–H and O–H groups in total. The zero-order chi connectivity index (χ0) is 21.5. The molecule has 4 rings (SSSR count). The van der Waals surface area contributed by atoms with Gasteiger partial charge in [-0.25, -0.2) is 4.68 Å². The van der Waals surface area contributed by atoms with Crippen molar-refractivity contribution in [2.75, 3.05) is 4.90 Å². The molecule has 0 bridgehead atoms. The van der Waals surface area contributed by atoms with Gasteiger partial charge in [-0.15, -0.1) is 5.10 Å². The second kappa shape index (κ2) is 7.71. The summed E-state index contributed by atoms with van der Waals surface area (Å²) in [5, 5.41) is 9.23. The summed E-state index contributed by atoms with van der Waals surface area (Å²) in [6.45, 7) is 11.2. The normalized spacial score (nSPS) is 15.6. The summed E-state index contributed by atoms with van der Waals surface area (Å²) in [4.78, 5) is 14.9. The number of amides is 1. The van der Waals surface area contributed by atoms with Crippen molar-refractivity contribution < 1.29 is 4.79 Å². The highest BCUT2D eigenvalue weighted by Gasteiger charge is 2.34. The molecule has 1 amide bonds. The van der Waals surface area contributed by atoms with Gasteiger partial charge in [0, 0.05) is 24.6 Å². The molecule has 0 saturated carbocycles. The lowest BCUT2D eigenvalue weighted by Crippen LogP contribution is -2.34. The Balaban J connectivity index is 2.09. The van der Waals surface area contributed by atoms with Gasteiger partial charge in [0.05, 0.1) is 17.4 Å². The van der Waals surface area contributed by atoms with Crippen molar-refractivity contribution in [2.24, 2.45) is 5.41 Å². The Kier molecular flexibility index (Phi) is 5.22. The Morgan fingerprint density at radius 2 is 1.70 bits per heavy atom. The number of benzene rings is 2. The fourth-order valence-electron chi connectivity index (χ4n) is 4.46. The van der Waals surface area contributed by atoms with Crippen LogP contribution in [0.25, 0.3) is 22.5 Å². The zero-order valence-corrected chi connectivity index (χ0v) is 18.5. The van der Waals surface area contributed by atoms with Crippen LogP contribution in [-0.4, -0.2) is 20.9 Å². The maximum atomic E-state index is 13.0. The number of para-hydroxylation sites is 1. The highest BCUT2D eigenvalue weighted by Crippen LogP contribution is 2.46. The van der Waals surface area contributed by atoms with E-state index in [4.69, 9.17) is 0 Å². The summed E-state index contributed by atoms with van der Waals surface area (Å²) in [6, 6.07) is 16.5. The molecule has 0 aliphatic carbocycles. The first kappa shape index (κ1) is 20.3. The van der Waals surface area contributed by atoms with Crippen molar-refractivity contribution in [3.8, 4) is 22.5 Å². The molecular weight excluding hydrogens is 372 g/mol. The third kappa shape index (κ3) is 3.53. The van der Waals surface area contributed by atoms with E-state index in [2.05, 4.69) is 56.2 Å². The molecule has 0 fully saturated rings. The first-order valence-electron chi connectivity index (χ1n) is 10.7. The predicted molar refractivity (Wildman–Crippen MR) is 121 cm³/mol. The smallest absolute Gasteiger partial charge is 0.224 e. The van der Waals surface area contributed by atoms with Crippen LogP contribution in [0.4, 0.5) is 5.69 Å². The number of hydrogen-bond acceptors (Lipinski definition) is 3. The minimum absolute atomic E-state index is 0.0363. The molecule has 1 aromatic heterocycles. The average molecular weight is 403 g/mol. The molecular formula is C25H30N4O. The van der Waals surface area contributed by atoms with Gasteiger partial charge in [-0.2, -0.15) is 0 Å². The van der Waals surface area contributed by atoms with Gasteiger partial charge in [0.15, 0.2) is 0 Å². The number of carbonyl (C=O) groups is 1. The molecule has 5 nitrogen and oxygen atoms in total. The number of nitrogens with zero attached hydrogens (tertiary/aromatic N) is 4. The number of hydrogen-bond donors (Lipinski definition) is 0. The van der Waals surface area contributed by atoms with Crippen molar-refractivity contribution in [2.45, 2.75) is 60.0 Å². The van der Waals surface area contributed by atoms with Crippen LogP contribution in [0, 0.1) is 5.41 Å². The van der Waals surface area contributed by atoms with Crippen molar-refractivity contribution >= 4 is 11.6 Å². The molecule has 3 aromatic rings. The minimum Gasteiger partial charge on any atom is -0.304 e. The molecule has 1 atom stereocenters. The Hall–Kier alpha value is -2.95. The van der Waals surface area contributed by atoms with Crippen LogP contribution in [0.3, 0.4) is 0 Å². The topological polar surface area (TPSA) is 51.0 Å². The maximum absolute atomic E-state index is 13.0. The van der Waals surface area contributed by atoms with Crippen molar-refractivity contribution in [3.63, 3.8) is 0 Å². The lowest BCUT2D eigenvalue weighted by atomic mass is 9.88. The van der Waals surface area contributed by atoms with E-state index < -0.39 is 0 Å². The third-order valence-corrected chi connectivity index (χ3v) is 5.57. The van der Waals surface area contributed by atoms with Crippen LogP contribution >= 0.6 is 0 Å². The van der Waals surface area contributed by atoms with Gasteiger partial charge in [0.2, 0.25) is 5.91 Å². The van der Waals surface area contributed by atoms with Crippen LogP contribution in [0.2, 0.25) is 0 Å². The third-order valence-electron chi connectivity index (χ3n) is 5.57. The fourth-order valence-corrected chi connectivity index (χ4v) is 4.46. The fraction of sp³-hybridized carbons (Fsp3) is 0.400. The maximum Gasteiger partial charge on any atom is 0.224 e. The van der Waals surface area contributed by atoms with Crippen LogP contribution in [0.1, 0.15) is 59.1 Å². The van der Waals surface area contributed by atoms with Crippen LogP contribution in [0.5, 0.6) is 0 Å². The number of rotatable bonds is 3. The molecule has 1 aliphatic rings. The molecule has 0 spiro atoms. The summed E-state index contributed by atoms with van der Waals surface area (Å²) in [6.07, 6.45) is 1.87. The molecule has 1 aliphatic heterocycles. The van der Waals surface area contributed by atoms with Gasteiger partial charge >= 0.3 is 0 Å². The van der Waals surface area contributed by atoms with E-state index in [-0.39, 0.29) is 17.4 Å². The quantitative estimate of drug-likeness (QED) is 0.551. The highest BCUT2D eigenvalue weighted by molar-refractivity contribution is 6.00. The lowest BCUT2D eigenvalue weighted by molar-refractivity contribution is -0.117. The summed E-state index contributed by atoms with van der Waals surface area (Å²) in [7, 11) is 0. The second-order valence-corrected chi connectivity index (χ2v) is 9.30. The van der Waals surface area contributed by atoms with Crippen LogP contribution in [0.15, 0.2) is 48.5 Å². The van der Waals surface area contributed by atoms with Crippen molar-refractivity contribution in [1.29, 1.82) is 0 Å². The Morgan fingerprint density at radius 1 is 1.03 bits per heavy atom. The number of fused-ring (bicyclic) bond motifs is 5. The lowest BCUT2D eigenvalue weighted by Gasteiger charge is -2.35. The molecule has 30 heavy (non-hydrogen) atoms. The van der Waals surface area contributed by atoms with Gasteiger partial charge < -0.3 is 4.90 Å². The van der Waals surface area contributed by atoms with Gasteiger partial charge in [-0.3, -0.25) is 4.79 Å². The number of anilines is 1. The zero-order valence-electron chi connectivity index (χ0n) is 18.5. The summed E-state index contributed by atoms with van der Waals surface area (Å²) in [5.41, 5.74) is 6.05. The van der Waals surface area contributed by atoms with E-state index in [0.29, 0.717) is 0 Å². The van der Waals surface area contributed by atoms with E-state index in [1.54, 1.807) is 6.92 Å². The van der Waals surface area contributed by atoms with Gasteiger partial charge in [0.25, 0.3) is 0 Å². The van der Waals surface area contributed by atoms with E-state index in [1.165, 1.54) is 0 Å². The van der Waals surface area contributed by atoms with E-state index >= 15 is 0 Å². The Bertz CT molecular complexity index is 1080. The molecule has 0 radical (unpaired) electrons. The van der Waals surface area contributed by atoms with Gasteiger partial charge in [-0.05, 0) is 23.5 Å². The van der Waals surface area contributed by atoms with Gasteiger partial charge in [0.1, 0.15) is 5.69 Å². The van der Waals surface area contributed by atoms with Crippen LogP contribution < -0.4 is 4.90 Å². The second-order valence-electron chi connectivity index (χ2n) is 9.30.